The summed E-state index contributed by atoms with van der Waals surface area (Å²) in [6, 6.07) is 4.07. The summed E-state index contributed by atoms with van der Waals surface area (Å²) < 4.78 is 22.4. The van der Waals surface area contributed by atoms with Crippen molar-refractivity contribution < 1.29 is 13.5 Å². The minimum absolute atomic E-state index is 0.122. The van der Waals surface area contributed by atoms with Crippen LogP contribution >= 0.6 is 10.7 Å². The van der Waals surface area contributed by atoms with Gasteiger partial charge in [-0.15, -0.1) is 0 Å². The Labute approximate surface area is 92.1 Å². The zero-order chi connectivity index (χ0) is 11.6. The van der Waals surface area contributed by atoms with Crippen LogP contribution in [0.15, 0.2) is 17.0 Å². The molecular weight excluding hydrogens is 238 g/mol. The van der Waals surface area contributed by atoms with E-state index in [-0.39, 0.29) is 16.2 Å². The van der Waals surface area contributed by atoms with Gasteiger partial charge in [0.05, 0.1) is 16.5 Å². The number of hydrogen-bond acceptors (Lipinski definition) is 4. The van der Waals surface area contributed by atoms with E-state index >= 15 is 0 Å². The molecular formula is C9H8ClNO3S. The molecule has 0 bridgehead atoms. The van der Waals surface area contributed by atoms with Gasteiger partial charge in [-0.05, 0) is 18.1 Å². The maximum absolute atomic E-state index is 11.2. The molecule has 0 aliphatic heterocycles. The average molecular weight is 246 g/mol. The summed E-state index contributed by atoms with van der Waals surface area (Å²) in [5.74, 6) is -0.289. The van der Waals surface area contributed by atoms with Gasteiger partial charge in [-0.1, -0.05) is 6.92 Å². The molecule has 0 atom stereocenters. The number of halogens is 1. The lowest BCUT2D eigenvalue weighted by molar-refractivity contribution is 0.472. The van der Waals surface area contributed by atoms with E-state index in [1.165, 1.54) is 6.07 Å². The molecule has 0 amide bonds. The molecule has 0 unspecified atom stereocenters. The molecule has 80 valence electrons. The number of phenolic OH excluding ortho intramolecular Hbond substituents is 1. The molecule has 1 rings (SSSR count). The van der Waals surface area contributed by atoms with Crippen LogP contribution < -0.4 is 0 Å². The molecule has 0 aliphatic carbocycles. The molecule has 6 heteroatoms. The fraction of sp³-hybridized carbons (Fsp3) is 0.222. The quantitative estimate of drug-likeness (QED) is 0.806. The number of benzene rings is 1. The largest absolute Gasteiger partial charge is 0.508 e. The van der Waals surface area contributed by atoms with E-state index in [4.69, 9.17) is 15.9 Å². The number of aromatic hydroxyl groups is 1. The van der Waals surface area contributed by atoms with Crippen molar-refractivity contribution in [3.05, 3.63) is 23.3 Å². The molecule has 1 aromatic carbocycles. The fourth-order valence-corrected chi connectivity index (χ4v) is 2.54. The van der Waals surface area contributed by atoms with Crippen molar-refractivity contribution in [2.45, 2.75) is 18.2 Å². The van der Waals surface area contributed by atoms with E-state index in [9.17, 15) is 13.5 Å². The number of rotatable bonds is 2. The van der Waals surface area contributed by atoms with E-state index < -0.39 is 9.05 Å². The number of nitrogens with zero attached hydrogens (tertiary/aromatic N) is 1. The first-order valence-corrected chi connectivity index (χ1v) is 6.41. The molecule has 0 aromatic heterocycles. The van der Waals surface area contributed by atoms with Crippen LogP contribution in [0.5, 0.6) is 5.75 Å². The van der Waals surface area contributed by atoms with E-state index in [2.05, 4.69) is 0 Å². The van der Waals surface area contributed by atoms with Gasteiger partial charge in [0.25, 0.3) is 9.05 Å². The van der Waals surface area contributed by atoms with Crippen molar-refractivity contribution in [2.24, 2.45) is 0 Å². The van der Waals surface area contributed by atoms with Gasteiger partial charge in [0.15, 0.2) is 0 Å². The third kappa shape index (κ3) is 2.41. The molecule has 0 radical (unpaired) electrons. The molecule has 0 saturated heterocycles. The second-order valence-electron chi connectivity index (χ2n) is 2.87. The normalized spacial score (nSPS) is 11.0. The van der Waals surface area contributed by atoms with E-state index in [1.807, 2.05) is 6.07 Å². The van der Waals surface area contributed by atoms with Gasteiger partial charge >= 0.3 is 0 Å². The Morgan fingerprint density at radius 1 is 1.53 bits per heavy atom. The summed E-state index contributed by atoms with van der Waals surface area (Å²) in [6.07, 6.45) is 0.352. The second-order valence-corrected chi connectivity index (χ2v) is 5.41. The van der Waals surface area contributed by atoms with Crippen LogP contribution in [-0.4, -0.2) is 13.5 Å². The Kier molecular flexibility index (Phi) is 3.22. The molecule has 0 fully saturated rings. The summed E-state index contributed by atoms with van der Waals surface area (Å²) in [4.78, 5) is -0.205. The minimum atomic E-state index is -3.94. The lowest BCUT2D eigenvalue weighted by Crippen LogP contribution is -2.00. The van der Waals surface area contributed by atoms with Gasteiger partial charge in [-0.3, -0.25) is 0 Å². The number of hydrogen-bond donors (Lipinski definition) is 1. The summed E-state index contributed by atoms with van der Waals surface area (Å²) in [5.41, 5.74) is 0.446. The van der Waals surface area contributed by atoms with Crippen LogP contribution in [0.4, 0.5) is 0 Å². The molecule has 0 spiro atoms. The van der Waals surface area contributed by atoms with Gasteiger partial charge in [-0.2, -0.15) is 5.26 Å². The van der Waals surface area contributed by atoms with Crippen LogP contribution in [0.25, 0.3) is 0 Å². The lowest BCUT2D eigenvalue weighted by atomic mass is 10.1. The van der Waals surface area contributed by atoms with Gasteiger partial charge < -0.3 is 5.11 Å². The second kappa shape index (κ2) is 4.09. The number of nitriles is 1. The Morgan fingerprint density at radius 3 is 2.53 bits per heavy atom. The molecule has 15 heavy (non-hydrogen) atoms. The maximum atomic E-state index is 11.2. The lowest BCUT2D eigenvalue weighted by Gasteiger charge is -2.07. The highest BCUT2D eigenvalue weighted by molar-refractivity contribution is 8.13. The zero-order valence-electron chi connectivity index (χ0n) is 7.86. The van der Waals surface area contributed by atoms with E-state index in [1.54, 1.807) is 6.92 Å². The SMILES string of the molecule is CCc1c(C#N)cc(O)cc1S(=O)(=O)Cl. The summed E-state index contributed by atoms with van der Waals surface area (Å²) in [6.45, 7) is 1.71. The van der Waals surface area contributed by atoms with Crippen molar-refractivity contribution in [1.29, 1.82) is 5.26 Å². The van der Waals surface area contributed by atoms with Gasteiger partial charge in [-0.25, -0.2) is 8.42 Å². The maximum Gasteiger partial charge on any atom is 0.261 e. The smallest absolute Gasteiger partial charge is 0.261 e. The third-order valence-electron chi connectivity index (χ3n) is 1.93. The zero-order valence-corrected chi connectivity index (χ0v) is 9.43. The number of phenols is 1. The molecule has 0 aliphatic rings. The minimum Gasteiger partial charge on any atom is -0.508 e. The van der Waals surface area contributed by atoms with E-state index in [0.717, 1.165) is 6.07 Å². The first kappa shape index (κ1) is 11.8. The molecule has 1 aromatic rings. The molecule has 0 heterocycles. The van der Waals surface area contributed by atoms with Gasteiger partial charge in [0.1, 0.15) is 5.75 Å². The van der Waals surface area contributed by atoms with Crippen LogP contribution in [0.2, 0.25) is 0 Å². The predicted molar refractivity (Wildman–Crippen MR) is 55.2 cm³/mol. The van der Waals surface area contributed by atoms with Crippen LogP contribution in [0.1, 0.15) is 18.1 Å². The highest BCUT2D eigenvalue weighted by Gasteiger charge is 2.19. The Hall–Kier alpha value is -1.25. The molecule has 0 saturated carbocycles. The Balaban J connectivity index is 3.66. The standard InChI is InChI=1S/C9H8ClNO3S/c1-2-8-6(5-11)3-7(12)4-9(8)15(10,13)14/h3-4,12H,2H2,1H3. The topological polar surface area (TPSA) is 78.2 Å². The van der Waals surface area contributed by atoms with Gasteiger partial charge in [0.2, 0.25) is 0 Å². The van der Waals surface area contributed by atoms with Crippen LogP contribution in [0, 0.1) is 11.3 Å². The fourth-order valence-electron chi connectivity index (χ4n) is 1.31. The summed E-state index contributed by atoms with van der Waals surface area (Å²) in [5, 5.41) is 18.0. The molecule has 1 N–H and O–H groups in total. The van der Waals surface area contributed by atoms with E-state index in [0.29, 0.717) is 12.0 Å². The summed E-state index contributed by atoms with van der Waals surface area (Å²) in [7, 11) is 1.26. The highest BCUT2D eigenvalue weighted by atomic mass is 35.7. The molecule has 4 nitrogen and oxygen atoms in total. The van der Waals surface area contributed by atoms with Crippen molar-refractivity contribution >= 4 is 19.7 Å². The third-order valence-corrected chi connectivity index (χ3v) is 3.32. The van der Waals surface area contributed by atoms with Crippen molar-refractivity contribution in [1.82, 2.24) is 0 Å². The predicted octanol–water partition coefficient (Wildman–Crippen LogP) is 1.75. The Bertz CT molecular complexity index is 531. The van der Waals surface area contributed by atoms with Crippen molar-refractivity contribution in [3.8, 4) is 11.8 Å². The van der Waals surface area contributed by atoms with Crippen LogP contribution in [-0.2, 0) is 15.5 Å². The first-order chi connectivity index (χ1) is 6.90. The highest BCUT2D eigenvalue weighted by Crippen LogP contribution is 2.28. The average Bonchev–Trinajstić information content (AvgIpc) is 2.15. The summed E-state index contributed by atoms with van der Waals surface area (Å²) >= 11 is 0. The van der Waals surface area contributed by atoms with Gasteiger partial charge in [0, 0.05) is 16.7 Å². The Morgan fingerprint density at radius 2 is 2.13 bits per heavy atom. The van der Waals surface area contributed by atoms with Crippen molar-refractivity contribution in [2.75, 3.05) is 0 Å². The van der Waals surface area contributed by atoms with Crippen LogP contribution in [0.3, 0.4) is 0 Å². The first-order valence-electron chi connectivity index (χ1n) is 4.10. The van der Waals surface area contributed by atoms with Crippen molar-refractivity contribution in [3.63, 3.8) is 0 Å². The monoisotopic (exact) mass is 245 g/mol.